The third kappa shape index (κ3) is 4.06. The molecule has 0 aliphatic carbocycles. The first-order valence-corrected chi connectivity index (χ1v) is 9.49. The number of carbonyl (C=O) groups is 1. The third-order valence-corrected chi connectivity index (χ3v) is 4.90. The molecule has 1 fully saturated rings. The Morgan fingerprint density at radius 3 is 2.76 bits per heavy atom. The van der Waals surface area contributed by atoms with Gasteiger partial charge in [0.15, 0.2) is 23.1 Å². The van der Waals surface area contributed by atoms with Crippen LogP contribution in [0, 0.1) is 6.92 Å². The molecule has 1 saturated heterocycles. The van der Waals surface area contributed by atoms with Crippen LogP contribution in [0.4, 0.5) is 0 Å². The Morgan fingerprint density at radius 2 is 2.00 bits per heavy atom. The molecular weight excluding hydrogens is 372 g/mol. The lowest BCUT2D eigenvalue weighted by Gasteiger charge is -2.32. The highest BCUT2D eigenvalue weighted by Crippen LogP contribution is 2.35. The van der Waals surface area contributed by atoms with Crippen molar-refractivity contribution in [3.05, 3.63) is 60.2 Å². The third-order valence-electron chi connectivity index (χ3n) is 4.90. The summed E-state index contributed by atoms with van der Waals surface area (Å²) in [6.07, 6.45) is 6.39. The van der Waals surface area contributed by atoms with Crippen LogP contribution in [-0.4, -0.2) is 46.0 Å². The average Bonchev–Trinajstić information content (AvgIpc) is 3.20. The Morgan fingerprint density at radius 1 is 1.21 bits per heavy atom. The number of hydrogen-bond acceptors (Lipinski definition) is 7. The molecule has 0 N–H and O–H groups in total. The van der Waals surface area contributed by atoms with Gasteiger partial charge in [0.2, 0.25) is 5.88 Å². The zero-order valence-corrected chi connectivity index (χ0v) is 16.4. The molecule has 0 unspecified atom stereocenters. The number of benzene rings is 1. The van der Waals surface area contributed by atoms with Crippen molar-refractivity contribution < 1.29 is 18.7 Å². The zero-order chi connectivity index (χ0) is 20.2. The number of oxazole rings is 1. The zero-order valence-electron chi connectivity index (χ0n) is 16.4. The fourth-order valence-electron chi connectivity index (χ4n) is 3.51. The van der Waals surface area contributed by atoms with E-state index in [0.29, 0.717) is 42.1 Å². The SMILES string of the molecule is COc1ccccc1Oc1nccnc1[C@H]1CCCN(C(=O)c2coc(C)n2)C1. The maximum Gasteiger partial charge on any atom is 0.275 e. The molecule has 0 spiro atoms. The van der Waals surface area contributed by atoms with Crippen molar-refractivity contribution in [2.75, 3.05) is 20.2 Å². The van der Waals surface area contributed by atoms with E-state index < -0.39 is 0 Å². The molecule has 0 bridgehead atoms. The number of amides is 1. The van der Waals surface area contributed by atoms with E-state index in [2.05, 4.69) is 15.0 Å². The van der Waals surface area contributed by atoms with Gasteiger partial charge in [0.1, 0.15) is 12.0 Å². The van der Waals surface area contributed by atoms with Gasteiger partial charge in [-0.2, -0.15) is 0 Å². The van der Waals surface area contributed by atoms with Crippen molar-refractivity contribution in [2.24, 2.45) is 0 Å². The number of ether oxygens (including phenoxy) is 2. The molecule has 3 aromatic rings. The van der Waals surface area contributed by atoms with Crippen LogP contribution in [0.25, 0.3) is 0 Å². The van der Waals surface area contributed by atoms with Gasteiger partial charge >= 0.3 is 0 Å². The second kappa shape index (κ2) is 8.30. The minimum absolute atomic E-state index is 0.0131. The smallest absolute Gasteiger partial charge is 0.275 e. The van der Waals surface area contributed by atoms with Crippen molar-refractivity contribution in [1.82, 2.24) is 19.9 Å². The van der Waals surface area contributed by atoms with Gasteiger partial charge in [-0.15, -0.1) is 0 Å². The molecule has 0 radical (unpaired) electrons. The number of aromatic nitrogens is 3. The number of methoxy groups -OCH3 is 1. The minimum atomic E-state index is -0.136. The quantitative estimate of drug-likeness (QED) is 0.653. The molecule has 4 rings (SSSR count). The number of hydrogen-bond donors (Lipinski definition) is 0. The summed E-state index contributed by atoms with van der Waals surface area (Å²) < 4.78 is 16.6. The number of aryl methyl sites for hydroxylation is 1. The van der Waals surface area contributed by atoms with Crippen LogP contribution >= 0.6 is 0 Å². The van der Waals surface area contributed by atoms with E-state index in [4.69, 9.17) is 13.9 Å². The number of nitrogens with zero attached hydrogens (tertiary/aromatic N) is 4. The van der Waals surface area contributed by atoms with E-state index in [9.17, 15) is 4.79 Å². The van der Waals surface area contributed by atoms with Gasteiger partial charge in [-0.1, -0.05) is 12.1 Å². The molecule has 1 aromatic carbocycles. The molecule has 1 aliphatic rings. The molecule has 8 nitrogen and oxygen atoms in total. The van der Waals surface area contributed by atoms with Crippen LogP contribution in [0.5, 0.6) is 17.4 Å². The first kappa shape index (κ1) is 18.9. The van der Waals surface area contributed by atoms with Crippen molar-refractivity contribution in [3.8, 4) is 17.4 Å². The molecule has 1 aliphatic heterocycles. The van der Waals surface area contributed by atoms with Gasteiger partial charge in [-0.05, 0) is 25.0 Å². The van der Waals surface area contributed by atoms with Crippen molar-refractivity contribution in [1.29, 1.82) is 0 Å². The summed E-state index contributed by atoms with van der Waals surface area (Å²) >= 11 is 0. The second-order valence-corrected chi connectivity index (χ2v) is 6.84. The van der Waals surface area contributed by atoms with Crippen molar-refractivity contribution >= 4 is 5.91 Å². The molecule has 1 atom stereocenters. The van der Waals surface area contributed by atoms with E-state index in [0.717, 1.165) is 18.5 Å². The van der Waals surface area contributed by atoms with Crippen LogP contribution in [-0.2, 0) is 0 Å². The predicted octanol–water partition coefficient (Wildman–Crippen LogP) is 3.59. The summed E-state index contributed by atoms with van der Waals surface area (Å²) in [4.78, 5) is 27.6. The van der Waals surface area contributed by atoms with Crippen LogP contribution in [0.15, 0.2) is 47.3 Å². The normalized spacial score (nSPS) is 16.5. The van der Waals surface area contributed by atoms with Crippen LogP contribution in [0.1, 0.15) is 40.8 Å². The fourth-order valence-corrected chi connectivity index (χ4v) is 3.51. The lowest BCUT2D eigenvalue weighted by atomic mass is 9.94. The van der Waals surface area contributed by atoms with E-state index in [-0.39, 0.29) is 11.8 Å². The summed E-state index contributed by atoms with van der Waals surface area (Å²) in [6, 6.07) is 7.39. The monoisotopic (exact) mass is 394 g/mol. The van der Waals surface area contributed by atoms with Crippen molar-refractivity contribution in [2.45, 2.75) is 25.7 Å². The summed E-state index contributed by atoms with van der Waals surface area (Å²) in [6.45, 7) is 2.91. The summed E-state index contributed by atoms with van der Waals surface area (Å²) in [7, 11) is 1.59. The van der Waals surface area contributed by atoms with Crippen LogP contribution in [0.3, 0.4) is 0 Å². The fraction of sp³-hybridized carbons (Fsp3) is 0.333. The van der Waals surface area contributed by atoms with Gasteiger partial charge in [0.05, 0.1) is 7.11 Å². The first-order chi connectivity index (χ1) is 14.2. The van der Waals surface area contributed by atoms with Gasteiger partial charge in [-0.25, -0.2) is 9.97 Å². The van der Waals surface area contributed by atoms with Gasteiger partial charge in [0.25, 0.3) is 5.91 Å². The Hall–Kier alpha value is -3.42. The number of rotatable bonds is 5. The number of carbonyl (C=O) groups excluding carboxylic acids is 1. The topological polar surface area (TPSA) is 90.6 Å². The molecular formula is C21H22N4O4. The molecule has 29 heavy (non-hydrogen) atoms. The Balaban J connectivity index is 1.56. The highest BCUT2D eigenvalue weighted by molar-refractivity contribution is 5.92. The van der Waals surface area contributed by atoms with E-state index in [1.807, 2.05) is 24.3 Å². The first-order valence-electron chi connectivity index (χ1n) is 9.49. The molecule has 0 saturated carbocycles. The van der Waals surface area contributed by atoms with E-state index >= 15 is 0 Å². The number of para-hydroxylation sites is 2. The van der Waals surface area contributed by atoms with Crippen molar-refractivity contribution in [3.63, 3.8) is 0 Å². The summed E-state index contributed by atoms with van der Waals surface area (Å²) in [5.74, 6) is 1.96. The molecule has 8 heteroatoms. The largest absolute Gasteiger partial charge is 0.493 e. The standard InChI is InChI=1S/C21H22N4O4/c1-14-24-16(13-28-14)21(26)25-11-5-6-15(12-25)19-20(23-10-9-22-19)29-18-8-4-3-7-17(18)27-2/h3-4,7-10,13,15H,5-6,11-12H2,1-2H3/t15-/m0/s1. The molecule has 2 aromatic heterocycles. The Labute approximate surface area is 168 Å². The maximum atomic E-state index is 12.8. The summed E-state index contributed by atoms with van der Waals surface area (Å²) in [5, 5.41) is 0. The molecule has 1 amide bonds. The highest BCUT2D eigenvalue weighted by Gasteiger charge is 2.30. The second-order valence-electron chi connectivity index (χ2n) is 6.84. The number of likely N-dealkylation sites (tertiary alicyclic amines) is 1. The summed E-state index contributed by atoms with van der Waals surface area (Å²) in [5.41, 5.74) is 1.06. The van der Waals surface area contributed by atoms with Crippen LogP contribution < -0.4 is 9.47 Å². The Bertz CT molecular complexity index is 1000. The lowest BCUT2D eigenvalue weighted by molar-refractivity contribution is 0.0698. The predicted molar refractivity (Wildman–Crippen MR) is 104 cm³/mol. The van der Waals surface area contributed by atoms with Gasteiger partial charge < -0.3 is 18.8 Å². The van der Waals surface area contributed by atoms with Gasteiger partial charge in [0, 0.05) is 38.3 Å². The Kier molecular flexibility index (Phi) is 5.41. The molecule has 3 heterocycles. The van der Waals surface area contributed by atoms with Crippen LogP contribution in [0.2, 0.25) is 0 Å². The maximum absolute atomic E-state index is 12.8. The van der Waals surface area contributed by atoms with E-state index in [1.165, 1.54) is 6.26 Å². The lowest BCUT2D eigenvalue weighted by Crippen LogP contribution is -2.39. The molecule has 150 valence electrons. The average molecular weight is 394 g/mol. The number of piperidine rings is 1. The highest BCUT2D eigenvalue weighted by atomic mass is 16.5. The van der Waals surface area contributed by atoms with E-state index in [1.54, 1.807) is 31.3 Å². The minimum Gasteiger partial charge on any atom is -0.493 e. The van der Waals surface area contributed by atoms with Gasteiger partial charge in [-0.3, -0.25) is 9.78 Å².